The molecule has 0 bridgehead atoms. The van der Waals surface area contributed by atoms with E-state index in [9.17, 15) is 14.0 Å². The van der Waals surface area contributed by atoms with Gasteiger partial charge in [0.15, 0.2) is 5.13 Å². The Kier molecular flexibility index (Phi) is 6.97. The molecule has 0 aliphatic rings. The van der Waals surface area contributed by atoms with Gasteiger partial charge >= 0.3 is 0 Å². The zero-order valence-corrected chi connectivity index (χ0v) is 18.0. The van der Waals surface area contributed by atoms with Crippen molar-refractivity contribution in [2.24, 2.45) is 0 Å². The Morgan fingerprint density at radius 2 is 1.97 bits per heavy atom. The van der Waals surface area contributed by atoms with Gasteiger partial charge < -0.3 is 4.90 Å². The average Bonchev–Trinajstić information content (AvgIpc) is 3.16. The summed E-state index contributed by atoms with van der Waals surface area (Å²) in [6.45, 7) is 1.76. The van der Waals surface area contributed by atoms with E-state index >= 15 is 0 Å². The molecule has 0 spiro atoms. The molecule has 5 nitrogen and oxygen atoms in total. The number of thiazole rings is 1. The van der Waals surface area contributed by atoms with E-state index in [2.05, 4.69) is 4.98 Å². The Bertz CT molecular complexity index is 1100. The summed E-state index contributed by atoms with van der Waals surface area (Å²) in [6.07, 6.45) is 2.97. The highest BCUT2D eigenvalue weighted by Crippen LogP contribution is 2.31. The highest BCUT2D eigenvalue weighted by atomic mass is 35.5. The first-order chi connectivity index (χ1) is 14.3. The first-order valence-corrected chi connectivity index (χ1v) is 10.3. The summed E-state index contributed by atoms with van der Waals surface area (Å²) < 4.78 is 14.1. The van der Waals surface area contributed by atoms with E-state index in [0.717, 1.165) is 5.56 Å². The van der Waals surface area contributed by atoms with Crippen LogP contribution in [0.3, 0.4) is 0 Å². The fraction of sp³-hybridized carbons (Fsp3) is 0.136. The van der Waals surface area contributed by atoms with Gasteiger partial charge in [-0.25, -0.2) is 9.37 Å². The van der Waals surface area contributed by atoms with Gasteiger partial charge in [0.1, 0.15) is 5.82 Å². The summed E-state index contributed by atoms with van der Waals surface area (Å²) in [6, 6.07) is 13.3. The molecular weight excluding hydrogens is 425 g/mol. The molecule has 8 heteroatoms. The molecule has 1 aromatic heterocycles. The monoisotopic (exact) mass is 443 g/mol. The number of carbonyl (C=O) groups is 2. The zero-order chi connectivity index (χ0) is 21.7. The molecule has 0 unspecified atom stereocenters. The topological polar surface area (TPSA) is 53.5 Å². The van der Waals surface area contributed by atoms with Crippen LogP contribution < -0.4 is 4.90 Å². The number of benzene rings is 2. The molecule has 0 fully saturated rings. The number of anilines is 2. The molecule has 0 saturated heterocycles. The number of hydrogen-bond acceptors (Lipinski definition) is 4. The van der Waals surface area contributed by atoms with Gasteiger partial charge in [-0.15, -0.1) is 11.3 Å². The minimum absolute atomic E-state index is 0.132. The van der Waals surface area contributed by atoms with Crippen molar-refractivity contribution >= 4 is 51.6 Å². The Morgan fingerprint density at radius 3 is 2.67 bits per heavy atom. The second-order valence-electron chi connectivity index (χ2n) is 6.52. The largest absolute Gasteiger partial charge is 0.338 e. The average molecular weight is 444 g/mol. The molecule has 0 aliphatic carbocycles. The maximum atomic E-state index is 14.1. The summed E-state index contributed by atoms with van der Waals surface area (Å²) in [5.41, 5.74) is 1.55. The van der Waals surface area contributed by atoms with Crippen molar-refractivity contribution in [1.82, 2.24) is 9.88 Å². The van der Waals surface area contributed by atoms with Crippen molar-refractivity contribution in [3.05, 3.63) is 82.1 Å². The van der Waals surface area contributed by atoms with Crippen LogP contribution in [0.25, 0.3) is 6.08 Å². The number of likely N-dealkylation sites (N-methyl/N-ethyl adjacent to an activating group) is 1. The highest BCUT2D eigenvalue weighted by Gasteiger charge is 2.20. The van der Waals surface area contributed by atoms with Crippen LogP contribution in [0.5, 0.6) is 0 Å². The molecule has 3 aromatic rings. The predicted molar refractivity (Wildman–Crippen MR) is 118 cm³/mol. The van der Waals surface area contributed by atoms with E-state index in [-0.39, 0.29) is 17.5 Å². The third-order valence-electron chi connectivity index (χ3n) is 4.19. The van der Waals surface area contributed by atoms with Crippen molar-refractivity contribution in [3.63, 3.8) is 0 Å². The van der Waals surface area contributed by atoms with E-state index in [0.29, 0.717) is 22.4 Å². The number of amides is 2. The molecule has 1 heterocycles. The Morgan fingerprint density at radius 1 is 1.20 bits per heavy atom. The molecule has 2 amide bonds. The summed E-state index contributed by atoms with van der Waals surface area (Å²) in [5.74, 6) is -1.08. The van der Waals surface area contributed by atoms with Crippen LogP contribution in [0.4, 0.5) is 15.2 Å². The molecule has 0 atom stereocenters. The Hall–Kier alpha value is -3.03. The van der Waals surface area contributed by atoms with Crippen LogP contribution in [0.15, 0.2) is 60.0 Å². The maximum absolute atomic E-state index is 14.1. The summed E-state index contributed by atoms with van der Waals surface area (Å²) in [4.78, 5) is 31.6. The minimum atomic E-state index is -0.516. The lowest BCUT2D eigenvalue weighted by Crippen LogP contribution is -2.24. The lowest BCUT2D eigenvalue weighted by molar-refractivity contribution is -0.125. The molecule has 2 aromatic carbocycles. The predicted octanol–water partition coefficient (Wildman–Crippen LogP) is 5.29. The van der Waals surface area contributed by atoms with Crippen LogP contribution in [0.1, 0.15) is 18.2 Å². The third kappa shape index (κ3) is 5.31. The second kappa shape index (κ2) is 9.65. The van der Waals surface area contributed by atoms with Gasteiger partial charge in [-0.3, -0.25) is 14.5 Å². The normalized spacial score (nSPS) is 10.9. The van der Waals surface area contributed by atoms with Crippen molar-refractivity contribution in [2.45, 2.75) is 13.5 Å². The van der Waals surface area contributed by atoms with Crippen LogP contribution >= 0.6 is 22.9 Å². The van der Waals surface area contributed by atoms with E-state index in [4.69, 9.17) is 11.6 Å². The van der Waals surface area contributed by atoms with Crippen LogP contribution in [0, 0.1) is 5.82 Å². The number of halogens is 2. The number of aromatic nitrogens is 1. The fourth-order valence-corrected chi connectivity index (χ4v) is 3.83. The first-order valence-electron chi connectivity index (χ1n) is 9.03. The summed E-state index contributed by atoms with van der Waals surface area (Å²) in [7, 11) is 1.69. The standard InChI is InChI=1S/C22H19ClFN3O2S/c1-15(28)27(20-9-4-3-8-19(20)24)22-25-18(14-30-22)10-11-21(29)26(2)13-16-6-5-7-17(23)12-16/h3-12,14H,13H2,1-2H3/b11-10+. The van der Waals surface area contributed by atoms with E-state index < -0.39 is 5.82 Å². The second-order valence-corrected chi connectivity index (χ2v) is 7.79. The molecule has 0 radical (unpaired) electrons. The number of rotatable bonds is 6. The summed E-state index contributed by atoms with van der Waals surface area (Å²) >= 11 is 7.17. The number of para-hydroxylation sites is 1. The van der Waals surface area contributed by atoms with Gasteiger partial charge in [-0.2, -0.15) is 0 Å². The van der Waals surface area contributed by atoms with Gasteiger partial charge in [0.05, 0.1) is 11.4 Å². The molecule has 0 N–H and O–H groups in total. The molecule has 0 saturated carbocycles. The fourth-order valence-electron chi connectivity index (χ4n) is 2.77. The highest BCUT2D eigenvalue weighted by molar-refractivity contribution is 7.14. The minimum Gasteiger partial charge on any atom is -0.338 e. The summed E-state index contributed by atoms with van der Waals surface area (Å²) in [5, 5.41) is 2.64. The third-order valence-corrected chi connectivity index (χ3v) is 5.27. The Labute approximate surface area is 183 Å². The van der Waals surface area contributed by atoms with E-state index in [1.807, 2.05) is 12.1 Å². The smallest absolute Gasteiger partial charge is 0.246 e. The quantitative estimate of drug-likeness (QED) is 0.486. The van der Waals surface area contributed by atoms with E-state index in [1.165, 1.54) is 41.4 Å². The maximum Gasteiger partial charge on any atom is 0.246 e. The number of carbonyl (C=O) groups excluding carboxylic acids is 2. The zero-order valence-electron chi connectivity index (χ0n) is 16.4. The molecule has 0 aliphatic heterocycles. The van der Waals surface area contributed by atoms with E-state index in [1.54, 1.807) is 47.7 Å². The lowest BCUT2D eigenvalue weighted by Gasteiger charge is -2.18. The lowest BCUT2D eigenvalue weighted by atomic mass is 10.2. The molecular formula is C22H19ClFN3O2S. The van der Waals surface area contributed by atoms with Crippen LogP contribution in [-0.4, -0.2) is 28.7 Å². The van der Waals surface area contributed by atoms with Crippen LogP contribution in [-0.2, 0) is 16.1 Å². The number of hydrogen-bond donors (Lipinski definition) is 0. The van der Waals surface area contributed by atoms with Gasteiger partial charge in [-0.1, -0.05) is 35.9 Å². The number of nitrogens with zero attached hydrogens (tertiary/aromatic N) is 3. The van der Waals surface area contributed by atoms with Gasteiger partial charge in [0.2, 0.25) is 11.8 Å². The SMILES string of the molecule is CC(=O)N(c1nc(/C=C/C(=O)N(C)Cc2cccc(Cl)c2)cs1)c1ccccc1F. The van der Waals surface area contributed by atoms with Crippen molar-refractivity contribution in [2.75, 3.05) is 11.9 Å². The van der Waals surface area contributed by atoms with Gasteiger partial charge in [0.25, 0.3) is 0 Å². The molecule has 154 valence electrons. The molecule has 30 heavy (non-hydrogen) atoms. The van der Waals surface area contributed by atoms with Crippen molar-refractivity contribution < 1.29 is 14.0 Å². The van der Waals surface area contributed by atoms with Gasteiger partial charge in [0, 0.05) is 37.0 Å². The van der Waals surface area contributed by atoms with Crippen LogP contribution in [0.2, 0.25) is 5.02 Å². The van der Waals surface area contributed by atoms with Crippen molar-refractivity contribution in [1.29, 1.82) is 0 Å². The van der Waals surface area contributed by atoms with Crippen molar-refractivity contribution in [3.8, 4) is 0 Å². The Balaban J connectivity index is 1.72. The first kappa shape index (κ1) is 21.7. The van der Waals surface area contributed by atoms with Gasteiger partial charge in [-0.05, 0) is 35.9 Å². The molecule has 3 rings (SSSR count).